The number of nitrogens with two attached hydrogens (primary N) is 1. The topological polar surface area (TPSA) is 84.4 Å². The molecule has 0 saturated heterocycles. The monoisotopic (exact) mass is 375 g/mol. The van der Waals surface area contributed by atoms with Crippen LogP contribution < -0.4 is 11.1 Å². The van der Waals surface area contributed by atoms with Gasteiger partial charge in [0.05, 0.1) is 6.20 Å². The highest BCUT2D eigenvalue weighted by Crippen LogP contribution is 2.34. The van der Waals surface area contributed by atoms with E-state index in [1.54, 1.807) is 12.5 Å². The van der Waals surface area contributed by atoms with E-state index in [9.17, 15) is 0 Å². The Balaban J connectivity index is 1.99. The summed E-state index contributed by atoms with van der Waals surface area (Å²) in [5.74, 6) is 1.26. The second-order valence-corrected chi connectivity index (χ2v) is 7.37. The molecule has 7 nitrogen and oxygen atoms in total. The number of aryl methyl sites for hydroxylation is 2. The Kier molecular flexibility index (Phi) is 4.60. The SMILES string of the molecule is Cc1cccc(C)c1-c1cc(NCCN(C)C)nc2c1nc(N)c1cncn12. The van der Waals surface area contributed by atoms with E-state index in [0.29, 0.717) is 5.82 Å². The van der Waals surface area contributed by atoms with Crippen LogP contribution in [0.1, 0.15) is 11.1 Å². The van der Waals surface area contributed by atoms with E-state index in [-0.39, 0.29) is 0 Å². The van der Waals surface area contributed by atoms with Crippen molar-refractivity contribution in [1.82, 2.24) is 24.3 Å². The van der Waals surface area contributed by atoms with Crippen LogP contribution in [0.3, 0.4) is 0 Å². The number of nitrogens with one attached hydrogen (secondary N) is 1. The molecule has 1 aromatic carbocycles. The van der Waals surface area contributed by atoms with E-state index < -0.39 is 0 Å². The number of benzene rings is 1. The van der Waals surface area contributed by atoms with Crippen LogP contribution in [-0.2, 0) is 0 Å². The number of hydrogen-bond donors (Lipinski definition) is 2. The summed E-state index contributed by atoms with van der Waals surface area (Å²) in [6.45, 7) is 5.95. The predicted molar refractivity (Wildman–Crippen MR) is 115 cm³/mol. The minimum absolute atomic E-state index is 0.451. The molecule has 0 unspecified atom stereocenters. The van der Waals surface area contributed by atoms with Crippen molar-refractivity contribution in [3.63, 3.8) is 0 Å². The second-order valence-electron chi connectivity index (χ2n) is 7.37. The van der Waals surface area contributed by atoms with Gasteiger partial charge in [-0.05, 0) is 50.7 Å². The molecule has 0 bridgehead atoms. The van der Waals surface area contributed by atoms with E-state index in [4.69, 9.17) is 15.7 Å². The third kappa shape index (κ3) is 3.14. The molecule has 4 aromatic rings. The van der Waals surface area contributed by atoms with E-state index >= 15 is 0 Å². The molecule has 7 heteroatoms. The molecule has 0 aliphatic carbocycles. The maximum atomic E-state index is 6.22. The van der Waals surface area contributed by atoms with Crippen LogP contribution in [-0.4, -0.2) is 51.4 Å². The number of likely N-dealkylation sites (N-methyl/N-ethyl adjacent to an activating group) is 1. The Bertz CT molecular complexity index is 1140. The van der Waals surface area contributed by atoms with Crippen LogP contribution in [0.4, 0.5) is 11.6 Å². The van der Waals surface area contributed by atoms with Gasteiger partial charge in [-0.1, -0.05) is 18.2 Å². The van der Waals surface area contributed by atoms with Crippen molar-refractivity contribution in [3.8, 4) is 11.1 Å². The summed E-state index contributed by atoms with van der Waals surface area (Å²) in [4.78, 5) is 15.9. The minimum Gasteiger partial charge on any atom is -0.382 e. The summed E-state index contributed by atoms with van der Waals surface area (Å²) < 4.78 is 1.91. The number of nitrogen functional groups attached to an aromatic ring is 1. The van der Waals surface area contributed by atoms with E-state index in [1.165, 1.54) is 11.1 Å². The van der Waals surface area contributed by atoms with Crippen molar-refractivity contribution < 1.29 is 0 Å². The van der Waals surface area contributed by atoms with Crippen molar-refractivity contribution in [3.05, 3.63) is 47.9 Å². The van der Waals surface area contributed by atoms with Crippen molar-refractivity contribution in [2.45, 2.75) is 13.8 Å². The van der Waals surface area contributed by atoms with Gasteiger partial charge >= 0.3 is 0 Å². The number of aromatic nitrogens is 4. The van der Waals surface area contributed by atoms with Gasteiger partial charge in [0, 0.05) is 18.7 Å². The first-order valence-corrected chi connectivity index (χ1v) is 9.33. The van der Waals surface area contributed by atoms with Gasteiger partial charge < -0.3 is 16.0 Å². The molecule has 3 N–H and O–H groups in total. The van der Waals surface area contributed by atoms with Crippen molar-refractivity contribution in [2.24, 2.45) is 0 Å². The predicted octanol–water partition coefficient (Wildman–Crippen LogP) is 3.12. The Labute approximate surface area is 164 Å². The van der Waals surface area contributed by atoms with Gasteiger partial charge in [0.25, 0.3) is 0 Å². The number of hydrogen-bond acceptors (Lipinski definition) is 6. The standard InChI is InChI=1S/C21H25N7/c1-13-6-5-7-14(2)18(13)15-10-17(24-8-9-27(3)4)25-21-19(15)26-20(22)16-11-23-12-28(16)21/h5-7,10-12H,8-9H2,1-4H3,(H2,22,26)(H,24,25). The van der Waals surface area contributed by atoms with Crippen LogP contribution in [0.25, 0.3) is 27.8 Å². The molecule has 0 amide bonds. The molecule has 144 valence electrons. The lowest BCUT2D eigenvalue weighted by molar-refractivity contribution is 0.425. The molecule has 0 aliphatic heterocycles. The second kappa shape index (κ2) is 7.09. The lowest BCUT2D eigenvalue weighted by Crippen LogP contribution is -2.21. The van der Waals surface area contributed by atoms with Gasteiger partial charge in [0.2, 0.25) is 0 Å². The Morgan fingerprint density at radius 2 is 1.89 bits per heavy atom. The van der Waals surface area contributed by atoms with Gasteiger partial charge in [-0.2, -0.15) is 0 Å². The number of anilines is 2. The molecule has 0 aliphatic rings. The Morgan fingerprint density at radius 1 is 1.14 bits per heavy atom. The summed E-state index contributed by atoms with van der Waals surface area (Å²) >= 11 is 0. The normalized spacial score (nSPS) is 11.6. The van der Waals surface area contributed by atoms with Crippen LogP contribution in [0.15, 0.2) is 36.8 Å². The lowest BCUT2D eigenvalue weighted by atomic mass is 9.95. The molecule has 0 fully saturated rings. The van der Waals surface area contributed by atoms with Crippen LogP contribution >= 0.6 is 0 Å². The van der Waals surface area contributed by atoms with Crippen LogP contribution in [0, 0.1) is 13.8 Å². The largest absolute Gasteiger partial charge is 0.382 e. The minimum atomic E-state index is 0.451. The highest BCUT2D eigenvalue weighted by Gasteiger charge is 2.17. The van der Waals surface area contributed by atoms with Gasteiger partial charge in [0.15, 0.2) is 5.65 Å². The zero-order valence-electron chi connectivity index (χ0n) is 16.7. The average molecular weight is 375 g/mol. The van der Waals surface area contributed by atoms with Gasteiger partial charge in [-0.15, -0.1) is 0 Å². The number of nitrogens with zero attached hydrogens (tertiary/aromatic N) is 5. The van der Waals surface area contributed by atoms with Crippen LogP contribution in [0.2, 0.25) is 0 Å². The summed E-state index contributed by atoms with van der Waals surface area (Å²) in [6, 6.07) is 8.38. The van der Waals surface area contributed by atoms with Gasteiger partial charge in [-0.25, -0.2) is 15.0 Å². The highest BCUT2D eigenvalue weighted by molar-refractivity contribution is 5.96. The molecule has 0 atom stereocenters. The molecular weight excluding hydrogens is 350 g/mol. The molecule has 0 radical (unpaired) electrons. The van der Waals surface area contributed by atoms with Gasteiger partial charge in [-0.3, -0.25) is 4.40 Å². The Morgan fingerprint density at radius 3 is 2.61 bits per heavy atom. The zero-order valence-corrected chi connectivity index (χ0v) is 16.7. The smallest absolute Gasteiger partial charge is 0.167 e. The lowest BCUT2D eigenvalue weighted by Gasteiger charge is -2.16. The molecule has 3 aromatic heterocycles. The number of pyridine rings is 1. The summed E-state index contributed by atoms with van der Waals surface area (Å²) in [5, 5.41) is 3.44. The van der Waals surface area contributed by atoms with Crippen molar-refractivity contribution in [2.75, 3.05) is 38.2 Å². The fraction of sp³-hybridized carbons (Fsp3) is 0.286. The molecule has 28 heavy (non-hydrogen) atoms. The number of imidazole rings is 1. The molecular formula is C21H25N7. The summed E-state index contributed by atoms with van der Waals surface area (Å²) in [5.41, 5.74) is 13.1. The molecule has 0 saturated carbocycles. The number of fused-ring (bicyclic) bond motifs is 3. The average Bonchev–Trinajstić information content (AvgIpc) is 3.13. The first-order valence-electron chi connectivity index (χ1n) is 9.33. The quantitative estimate of drug-likeness (QED) is 0.558. The highest BCUT2D eigenvalue weighted by atomic mass is 15.1. The van der Waals surface area contributed by atoms with E-state index in [0.717, 1.165) is 46.7 Å². The molecule has 0 spiro atoms. The summed E-state index contributed by atoms with van der Waals surface area (Å²) in [6.07, 6.45) is 3.45. The van der Waals surface area contributed by atoms with E-state index in [1.807, 2.05) is 4.40 Å². The fourth-order valence-electron chi connectivity index (χ4n) is 3.56. The summed E-state index contributed by atoms with van der Waals surface area (Å²) in [7, 11) is 4.11. The van der Waals surface area contributed by atoms with Gasteiger partial charge in [0.1, 0.15) is 29.0 Å². The molecule has 3 heterocycles. The molecule has 4 rings (SSSR count). The first-order chi connectivity index (χ1) is 13.5. The number of rotatable bonds is 5. The zero-order chi connectivity index (χ0) is 19.8. The van der Waals surface area contributed by atoms with E-state index in [2.05, 4.69) is 67.4 Å². The maximum Gasteiger partial charge on any atom is 0.167 e. The third-order valence-corrected chi connectivity index (χ3v) is 4.95. The fourth-order valence-corrected chi connectivity index (χ4v) is 3.56. The Hall–Kier alpha value is -3.19. The first kappa shape index (κ1) is 18.2. The third-order valence-electron chi connectivity index (χ3n) is 4.95. The van der Waals surface area contributed by atoms with Crippen molar-refractivity contribution in [1.29, 1.82) is 0 Å². The van der Waals surface area contributed by atoms with Crippen molar-refractivity contribution >= 4 is 28.3 Å². The maximum absolute atomic E-state index is 6.22. The van der Waals surface area contributed by atoms with Crippen LogP contribution in [0.5, 0.6) is 0 Å².